The average Bonchev–Trinajstić information content (AvgIpc) is 2.27. The van der Waals surface area contributed by atoms with E-state index in [2.05, 4.69) is 4.72 Å². The summed E-state index contributed by atoms with van der Waals surface area (Å²) >= 11 is 0. The molecule has 0 spiro atoms. The lowest BCUT2D eigenvalue weighted by Crippen LogP contribution is -2.33. The van der Waals surface area contributed by atoms with Crippen molar-refractivity contribution in [3.63, 3.8) is 0 Å². The van der Waals surface area contributed by atoms with Crippen LogP contribution in [0.2, 0.25) is 0 Å². The van der Waals surface area contributed by atoms with Gasteiger partial charge in [0.05, 0.1) is 5.25 Å². The van der Waals surface area contributed by atoms with Crippen LogP contribution in [0, 0.1) is 0 Å². The molecule has 90 valence electrons. The summed E-state index contributed by atoms with van der Waals surface area (Å²) in [5, 5.41) is -0.379. The van der Waals surface area contributed by atoms with E-state index in [1.54, 1.807) is 13.8 Å². The Morgan fingerprint density at radius 3 is 2.19 bits per heavy atom. The molecule has 0 radical (unpaired) electrons. The van der Waals surface area contributed by atoms with Gasteiger partial charge in [-0.2, -0.15) is 0 Å². The highest BCUT2D eigenvalue weighted by Crippen LogP contribution is 2.13. The molecule has 1 aromatic carbocycles. The van der Waals surface area contributed by atoms with E-state index >= 15 is 0 Å². The van der Waals surface area contributed by atoms with Crippen LogP contribution in [0.3, 0.4) is 0 Å². The van der Waals surface area contributed by atoms with Gasteiger partial charge in [-0.1, -0.05) is 37.3 Å². The van der Waals surface area contributed by atoms with Crippen molar-refractivity contribution in [3.8, 4) is 0 Å². The van der Waals surface area contributed by atoms with E-state index in [0.717, 1.165) is 5.56 Å². The van der Waals surface area contributed by atoms with E-state index in [1.165, 1.54) is 0 Å². The number of nitrogens with one attached hydrogen (secondary N) is 1. The van der Waals surface area contributed by atoms with Gasteiger partial charge in [-0.05, 0) is 25.3 Å². The van der Waals surface area contributed by atoms with Crippen molar-refractivity contribution < 1.29 is 8.42 Å². The third-order valence-corrected chi connectivity index (χ3v) is 4.39. The Balaban J connectivity index is 2.58. The molecular formula is C12H19NO2S. The maximum absolute atomic E-state index is 11.6. The molecule has 16 heavy (non-hydrogen) atoms. The lowest BCUT2D eigenvalue weighted by atomic mass is 10.0. The Hall–Kier alpha value is -0.870. The lowest BCUT2D eigenvalue weighted by Gasteiger charge is -2.14. The molecule has 0 aliphatic rings. The molecule has 0 unspecified atom stereocenters. The molecular weight excluding hydrogens is 222 g/mol. The smallest absolute Gasteiger partial charge is 0.213 e. The fourth-order valence-corrected chi connectivity index (χ4v) is 2.12. The van der Waals surface area contributed by atoms with Gasteiger partial charge in [-0.25, -0.2) is 13.1 Å². The van der Waals surface area contributed by atoms with Gasteiger partial charge >= 0.3 is 0 Å². The topological polar surface area (TPSA) is 46.2 Å². The van der Waals surface area contributed by atoms with Crippen molar-refractivity contribution in [1.82, 2.24) is 4.72 Å². The van der Waals surface area contributed by atoms with Crippen LogP contribution in [-0.4, -0.2) is 20.2 Å². The van der Waals surface area contributed by atoms with Crippen molar-refractivity contribution in [2.45, 2.75) is 31.9 Å². The molecule has 1 N–H and O–H groups in total. The first kappa shape index (κ1) is 13.2. The van der Waals surface area contributed by atoms with E-state index in [-0.39, 0.29) is 11.2 Å². The lowest BCUT2D eigenvalue weighted by molar-refractivity contribution is 0.566. The second-order valence-electron chi connectivity index (χ2n) is 4.25. The maximum Gasteiger partial charge on any atom is 0.213 e. The molecule has 4 heteroatoms. The van der Waals surface area contributed by atoms with Crippen molar-refractivity contribution in [2.75, 3.05) is 6.54 Å². The van der Waals surface area contributed by atoms with Gasteiger partial charge in [0.2, 0.25) is 10.0 Å². The Kier molecular flexibility index (Phi) is 4.50. The highest BCUT2D eigenvalue weighted by molar-refractivity contribution is 7.90. The fourth-order valence-electron chi connectivity index (χ4n) is 1.31. The van der Waals surface area contributed by atoms with Gasteiger partial charge < -0.3 is 0 Å². The van der Waals surface area contributed by atoms with Gasteiger partial charge in [-0.3, -0.25) is 0 Å². The summed E-state index contributed by atoms with van der Waals surface area (Å²) in [6.45, 7) is 5.81. The van der Waals surface area contributed by atoms with Crippen molar-refractivity contribution >= 4 is 10.0 Å². The van der Waals surface area contributed by atoms with Crippen LogP contribution in [0.5, 0.6) is 0 Å². The average molecular weight is 241 g/mol. The van der Waals surface area contributed by atoms with E-state index < -0.39 is 10.0 Å². The normalized spacial score (nSPS) is 14.0. The molecule has 0 bridgehead atoms. The first-order valence-corrected chi connectivity index (χ1v) is 7.01. The van der Waals surface area contributed by atoms with Gasteiger partial charge in [0.1, 0.15) is 0 Å². The summed E-state index contributed by atoms with van der Waals surface area (Å²) < 4.78 is 25.7. The maximum atomic E-state index is 11.6. The minimum Gasteiger partial charge on any atom is -0.214 e. The first-order chi connectivity index (χ1) is 7.43. The number of benzene rings is 1. The predicted molar refractivity (Wildman–Crippen MR) is 66.9 cm³/mol. The second-order valence-corrected chi connectivity index (χ2v) is 6.58. The molecule has 0 heterocycles. The number of hydrogen-bond donors (Lipinski definition) is 1. The Bertz CT molecular complexity index is 412. The van der Waals surface area contributed by atoms with Crippen molar-refractivity contribution in [1.29, 1.82) is 0 Å². The third-order valence-electron chi connectivity index (χ3n) is 2.58. The van der Waals surface area contributed by atoms with Gasteiger partial charge in [0.15, 0.2) is 0 Å². The molecule has 0 saturated carbocycles. The summed E-state index contributed by atoms with van der Waals surface area (Å²) in [4.78, 5) is 0. The highest BCUT2D eigenvalue weighted by Gasteiger charge is 2.16. The highest BCUT2D eigenvalue weighted by atomic mass is 32.2. The van der Waals surface area contributed by atoms with Crippen LogP contribution >= 0.6 is 0 Å². The quantitative estimate of drug-likeness (QED) is 0.858. The van der Waals surface area contributed by atoms with E-state index in [0.29, 0.717) is 6.54 Å². The second kappa shape index (κ2) is 5.46. The first-order valence-electron chi connectivity index (χ1n) is 5.47. The molecule has 0 saturated heterocycles. The molecule has 0 amide bonds. The predicted octanol–water partition coefficient (Wildman–Crippen LogP) is 2.12. The van der Waals surface area contributed by atoms with Crippen LogP contribution in [0.4, 0.5) is 0 Å². The van der Waals surface area contributed by atoms with Gasteiger partial charge in [0, 0.05) is 6.54 Å². The Morgan fingerprint density at radius 2 is 1.69 bits per heavy atom. The number of hydrogen-bond acceptors (Lipinski definition) is 2. The summed E-state index contributed by atoms with van der Waals surface area (Å²) in [7, 11) is -3.15. The summed E-state index contributed by atoms with van der Waals surface area (Å²) in [5.74, 6) is 0.190. The van der Waals surface area contributed by atoms with Crippen LogP contribution in [0.25, 0.3) is 0 Å². The number of sulfonamides is 1. The van der Waals surface area contributed by atoms with Crippen LogP contribution in [0.1, 0.15) is 32.3 Å². The van der Waals surface area contributed by atoms with Gasteiger partial charge in [-0.15, -0.1) is 0 Å². The minimum absolute atomic E-state index is 0.190. The van der Waals surface area contributed by atoms with E-state index in [4.69, 9.17) is 0 Å². The zero-order chi connectivity index (χ0) is 12.2. The largest absolute Gasteiger partial charge is 0.214 e. The van der Waals surface area contributed by atoms with Crippen LogP contribution < -0.4 is 4.72 Å². The summed E-state index contributed by atoms with van der Waals surface area (Å²) in [6.07, 6.45) is 0. The molecule has 0 aliphatic heterocycles. The fraction of sp³-hybridized carbons (Fsp3) is 0.500. The molecule has 1 aromatic rings. The minimum atomic E-state index is -3.15. The van der Waals surface area contributed by atoms with Gasteiger partial charge in [0.25, 0.3) is 0 Å². The molecule has 0 aliphatic carbocycles. The van der Waals surface area contributed by atoms with E-state index in [1.807, 2.05) is 37.3 Å². The third kappa shape index (κ3) is 3.61. The molecule has 3 nitrogen and oxygen atoms in total. The SMILES string of the molecule is CC(C)S(=O)(=O)NC[C@H](C)c1ccccc1. The zero-order valence-electron chi connectivity index (χ0n) is 9.97. The van der Waals surface area contributed by atoms with Crippen LogP contribution in [-0.2, 0) is 10.0 Å². The Morgan fingerprint density at radius 1 is 1.12 bits per heavy atom. The van der Waals surface area contributed by atoms with Crippen molar-refractivity contribution in [3.05, 3.63) is 35.9 Å². The molecule has 0 aromatic heterocycles. The zero-order valence-corrected chi connectivity index (χ0v) is 10.8. The monoisotopic (exact) mass is 241 g/mol. The summed E-state index contributed by atoms with van der Waals surface area (Å²) in [5.41, 5.74) is 1.15. The van der Waals surface area contributed by atoms with E-state index in [9.17, 15) is 8.42 Å². The molecule has 0 fully saturated rings. The summed E-state index contributed by atoms with van der Waals surface area (Å²) in [6, 6.07) is 9.89. The molecule has 1 rings (SSSR count). The van der Waals surface area contributed by atoms with Crippen molar-refractivity contribution in [2.24, 2.45) is 0 Å². The standard InChI is InChI=1S/C12H19NO2S/c1-10(2)16(14,15)13-9-11(3)12-7-5-4-6-8-12/h4-8,10-11,13H,9H2,1-3H3/t11-/m0/s1. The Labute approximate surface area is 97.9 Å². The number of rotatable bonds is 5. The van der Waals surface area contributed by atoms with Crippen LogP contribution in [0.15, 0.2) is 30.3 Å². The molecule has 1 atom stereocenters.